The molecule has 2 rings (SSSR count). The highest BCUT2D eigenvalue weighted by Gasteiger charge is 2.56. The van der Waals surface area contributed by atoms with Crippen molar-refractivity contribution in [2.45, 2.75) is 12.0 Å². The molecular weight excluding hydrogens is 208 g/mol. The molecule has 1 aromatic rings. The number of primary amides is 1. The van der Waals surface area contributed by atoms with Crippen LogP contribution in [-0.4, -0.2) is 39.4 Å². The van der Waals surface area contributed by atoms with Crippen LogP contribution in [0.4, 0.5) is 0 Å². The van der Waals surface area contributed by atoms with E-state index in [4.69, 9.17) is 10.9 Å². The van der Waals surface area contributed by atoms with E-state index in [1.54, 1.807) is 17.2 Å². The third kappa shape index (κ3) is 1.69. The predicted molar refractivity (Wildman–Crippen MR) is 56.9 cm³/mol. The molecule has 1 aromatic heterocycles. The van der Waals surface area contributed by atoms with Crippen molar-refractivity contribution in [1.29, 1.82) is 0 Å². The zero-order valence-corrected chi connectivity index (χ0v) is 8.58. The lowest BCUT2D eigenvalue weighted by Gasteiger charge is -2.11. The topological polar surface area (TPSA) is 91.6 Å². The SMILES string of the molecule is NC(=O)C1(Cc2ccccn2)CN1/C=N\O. The van der Waals surface area contributed by atoms with Crippen molar-refractivity contribution in [3.63, 3.8) is 0 Å². The largest absolute Gasteiger partial charge is 0.410 e. The van der Waals surface area contributed by atoms with Gasteiger partial charge in [-0.05, 0) is 12.1 Å². The molecule has 3 N–H and O–H groups in total. The van der Waals surface area contributed by atoms with E-state index in [9.17, 15) is 4.79 Å². The van der Waals surface area contributed by atoms with Gasteiger partial charge in [-0.3, -0.25) is 9.78 Å². The monoisotopic (exact) mass is 220 g/mol. The minimum absolute atomic E-state index is 0.426. The third-order valence-corrected chi connectivity index (χ3v) is 2.73. The fourth-order valence-corrected chi connectivity index (χ4v) is 1.73. The van der Waals surface area contributed by atoms with Gasteiger partial charge in [0.05, 0.1) is 6.54 Å². The Morgan fingerprint density at radius 3 is 3.12 bits per heavy atom. The summed E-state index contributed by atoms with van der Waals surface area (Å²) in [6, 6.07) is 5.49. The van der Waals surface area contributed by atoms with Crippen LogP contribution in [0.3, 0.4) is 0 Å². The Morgan fingerprint density at radius 1 is 1.75 bits per heavy atom. The number of hydrogen-bond acceptors (Lipinski definition) is 4. The minimum atomic E-state index is -0.777. The number of nitrogens with two attached hydrogens (primary N) is 1. The highest BCUT2D eigenvalue weighted by molar-refractivity contribution is 5.92. The van der Waals surface area contributed by atoms with E-state index in [0.717, 1.165) is 5.69 Å². The van der Waals surface area contributed by atoms with Crippen molar-refractivity contribution in [2.75, 3.05) is 6.54 Å². The van der Waals surface area contributed by atoms with E-state index in [0.29, 0.717) is 13.0 Å². The average Bonchev–Trinajstić information content (AvgIpc) is 2.95. The molecule has 0 saturated carbocycles. The van der Waals surface area contributed by atoms with Crippen LogP contribution in [0.2, 0.25) is 0 Å². The Morgan fingerprint density at radius 2 is 2.56 bits per heavy atom. The summed E-state index contributed by atoms with van der Waals surface area (Å²) in [5.41, 5.74) is 5.36. The number of hydrogen-bond donors (Lipinski definition) is 2. The molecule has 1 saturated heterocycles. The first-order chi connectivity index (χ1) is 7.69. The van der Waals surface area contributed by atoms with Gasteiger partial charge in [0.25, 0.3) is 0 Å². The summed E-state index contributed by atoms with van der Waals surface area (Å²) in [6.45, 7) is 0.461. The molecule has 0 aromatic carbocycles. The van der Waals surface area contributed by atoms with E-state index in [-0.39, 0.29) is 0 Å². The second kappa shape index (κ2) is 3.80. The lowest BCUT2D eigenvalue weighted by atomic mass is 10.0. The number of aromatic nitrogens is 1. The van der Waals surface area contributed by atoms with Crippen molar-refractivity contribution >= 4 is 12.2 Å². The Labute approximate surface area is 92.4 Å². The molecule has 1 fully saturated rings. The average molecular weight is 220 g/mol. The molecule has 0 aliphatic carbocycles. The number of oxime groups is 1. The molecule has 0 spiro atoms. The van der Waals surface area contributed by atoms with Crippen molar-refractivity contribution in [3.8, 4) is 0 Å². The van der Waals surface area contributed by atoms with Crippen LogP contribution < -0.4 is 5.73 Å². The first kappa shape index (κ1) is 10.4. The highest BCUT2D eigenvalue weighted by Crippen LogP contribution is 2.33. The van der Waals surface area contributed by atoms with Gasteiger partial charge < -0.3 is 15.8 Å². The smallest absolute Gasteiger partial charge is 0.245 e. The number of carbonyl (C=O) groups is 1. The highest BCUT2D eigenvalue weighted by atomic mass is 16.4. The molecule has 84 valence electrons. The maximum atomic E-state index is 11.4. The van der Waals surface area contributed by atoms with Gasteiger partial charge in [0, 0.05) is 18.3 Å². The number of carbonyl (C=O) groups excluding carboxylic acids is 1. The third-order valence-electron chi connectivity index (χ3n) is 2.73. The number of amides is 1. The van der Waals surface area contributed by atoms with Crippen molar-refractivity contribution in [2.24, 2.45) is 10.9 Å². The van der Waals surface area contributed by atoms with Crippen LogP contribution in [0.25, 0.3) is 0 Å². The molecule has 0 radical (unpaired) electrons. The van der Waals surface area contributed by atoms with Crippen molar-refractivity contribution in [1.82, 2.24) is 9.88 Å². The number of rotatable bonds is 4. The van der Waals surface area contributed by atoms with Gasteiger partial charge in [0.2, 0.25) is 5.91 Å². The Hall–Kier alpha value is -2.11. The molecule has 16 heavy (non-hydrogen) atoms. The van der Waals surface area contributed by atoms with Gasteiger partial charge in [-0.25, -0.2) is 0 Å². The second-order valence-corrected chi connectivity index (χ2v) is 3.75. The van der Waals surface area contributed by atoms with Crippen LogP contribution >= 0.6 is 0 Å². The Kier molecular flexibility index (Phi) is 2.47. The van der Waals surface area contributed by atoms with Crippen LogP contribution in [0, 0.1) is 0 Å². The summed E-state index contributed by atoms with van der Waals surface area (Å²) in [5, 5.41) is 11.3. The van der Waals surface area contributed by atoms with Gasteiger partial charge in [0.15, 0.2) is 0 Å². The molecule has 6 heteroatoms. The number of pyridine rings is 1. The Balaban J connectivity index is 2.15. The fourth-order valence-electron chi connectivity index (χ4n) is 1.73. The van der Waals surface area contributed by atoms with Gasteiger partial charge in [-0.2, -0.15) is 0 Å². The van der Waals surface area contributed by atoms with Gasteiger partial charge in [-0.15, -0.1) is 0 Å². The molecule has 1 amide bonds. The van der Waals surface area contributed by atoms with Crippen LogP contribution in [0.5, 0.6) is 0 Å². The number of nitrogens with zero attached hydrogens (tertiary/aromatic N) is 3. The molecule has 0 bridgehead atoms. The van der Waals surface area contributed by atoms with Crippen molar-refractivity contribution < 1.29 is 10.0 Å². The standard InChI is InChI=1S/C10H12N4O2/c11-9(15)10(6-14(10)7-13-16)5-8-3-1-2-4-12-8/h1-4,7,16H,5-6H2,(H2,11,15)/b13-7-. The van der Waals surface area contributed by atoms with Crippen molar-refractivity contribution in [3.05, 3.63) is 30.1 Å². The second-order valence-electron chi connectivity index (χ2n) is 3.75. The summed E-state index contributed by atoms with van der Waals surface area (Å²) in [4.78, 5) is 17.1. The Bertz CT molecular complexity index is 420. The quantitative estimate of drug-likeness (QED) is 0.237. The molecule has 1 aliphatic heterocycles. The zero-order chi connectivity index (χ0) is 11.6. The summed E-state index contributed by atoms with van der Waals surface area (Å²) in [7, 11) is 0. The van der Waals surface area contributed by atoms with E-state index < -0.39 is 11.4 Å². The minimum Gasteiger partial charge on any atom is -0.410 e. The van der Waals surface area contributed by atoms with Crippen LogP contribution in [0.1, 0.15) is 5.69 Å². The van der Waals surface area contributed by atoms with Crippen LogP contribution in [-0.2, 0) is 11.2 Å². The maximum Gasteiger partial charge on any atom is 0.245 e. The lowest BCUT2D eigenvalue weighted by molar-refractivity contribution is -0.121. The zero-order valence-electron chi connectivity index (χ0n) is 8.58. The lowest BCUT2D eigenvalue weighted by Crippen LogP contribution is -2.38. The van der Waals surface area contributed by atoms with Gasteiger partial charge >= 0.3 is 0 Å². The maximum absolute atomic E-state index is 11.4. The van der Waals surface area contributed by atoms with E-state index in [1.807, 2.05) is 12.1 Å². The van der Waals surface area contributed by atoms with Gasteiger partial charge in [0.1, 0.15) is 11.9 Å². The summed E-state index contributed by atoms with van der Waals surface area (Å²) in [6.07, 6.45) is 3.29. The first-order valence-electron chi connectivity index (χ1n) is 4.83. The van der Waals surface area contributed by atoms with E-state index in [1.165, 1.54) is 6.34 Å². The molecule has 1 atom stereocenters. The summed E-state index contributed by atoms with van der Waals surface area (Å²) >= 11 is 0. The molecule has 6 nitrogen and oxygen atoms in total. The summed E-state index contributed by atoms with van der Waals surface area (Å²) in [5.74, 6) is -0.432. The first-order valence-corrected chi connectivity index (χ1v) is 4.83. The predicted octanol–water partition coefficient (Wildman–Crippen LogP) is -0.419. The normalized spacial score (nSPS) is 23.6. The van der Waals surface area contributed by atoms with E-state index >= 15 is 0 Å². The molecule has 1 aliphatic rings. The molecular formula is C10H12N4O2. The molecule has 2 heterocycles. The van der Waals surface area contributed by atoms with E-state index in [2.05, 4.69) is 10.1 Å². The fraction of sp³-hybridized carbons (Fsp3) is 0.300. The van der Waals surface area contributed by atoms with Gasteiger partial charge in [-0.1, -0.05) is 11.2 Å². The van der Waals surface area contributed by atoms with Crippen LogP contribution in [0.15, 0.2) is 29.6 Å². The summed E-state index contributed by atoms with van der Waals surface area (Å²) < 4.78 is 0. The molecule has 1 unspecified atom stereocenters.